The molecule has 2 amide bonds. The summed E-state index contributed by atoms with van der Waals surface area (Å²) in [6.07, 6.45) is 0. The number of nitrogens with zero attached hydrogens (tertiary/aromatic N) is 3. The second-order valence-corrected chi connectivity index (χ2v) is 9.91. The first-order valence-electron chi connectivity index (χ1n) is 10.6. The fourth-order valence-electron chi connectivity index (χ4n) is 3.24. The van der Waals surface area contributed by atoms with Crippen LogP contribution in [0, 0.1) is 5.92 Å². The smallest absolute Gasteiger partial charge is 0.253 e. The van der Waals surface area contributed by atoms with Crippen molar-refractivity contribution in [2.75, 3.05) is 11.1 Å². The average Bonchev–Trinajstić information content (AvgIpc) is 3.19. The molecule has 0 fully saturated rings. The first-order valence-corrected chi connectivity index (χ1v) is 12.7. The van der Waals surface area contributed by atoms with Gasteiger partial charge in [0.05, 0.1) is 33.1 Å². The largest absolute Gasteiger partial charge is 0.342 e. The van der Waals surface area contributed by atoms with E-state index in [1.807, 2.05) is 25.3 Å². The number of anilines is 1. The number of benzene rings is 2. The fraction of sp³-hybridized carbons (Fsp3) is 0.304. The maximum absolute atomic E-state index is 12.9. The molecule has 1 heterocycles. The third kappa shape index (κ3) is 6.44. The van der Waals surface area contributed by atoms with Gasteiger partial charge in [0.25, 0.3) is 5.91 Å². The molecule has 11 heteroatoms. The van der Waals surface area contributed by atoms with Gasteiger partial charge in [-0.1, -0.05) is 72.5 Å². The highest BCUT2D eigenvalue weighted by atomic mass is 35.5. The second kappa shape index (κ2) is 11.9. The molecule has 3 rings (SSSR count). The lowest BCUT2D eigenvalue weighted by Crippen LogP contribution is -2.34. The summed E-state index contributed by atoms with van der Waals surface area (Å²) in [4.78, 5) is 25.3. The van der Waals surface area contributed by atoms with E-state index >= 15 is 0 Å². The number of hydrogen-bond acceptors (Lipinski definition) is 5. The highest BCUT2D eigenvalue weighted by Crippen LogP contribution is 2.27. The molecule has 0 saturated carbocycles. The Bertz CT molecular complexity index is 1190. The first-order chi connectivity index (χ1) is 16.2. The van der Waals surface area contributed by atoms with Gasteiger partial charge in [-0.3, -0.25) is 9.59 Å². The Morgan fingerprint density at radius 3 is 2.44 bits per heavy atom. The Kier molecular flexibility index (Phi) is 9.24. The average molecular weight is 541 g/mol. The molecule has 0 aliphatic rings. The zero-order valence-electron chi connectivity index (χ0n) is 18.8. The number of hydrogen-bond donors (Lipinski definition) is 2. The van der Waals surface area contributed by atoms with Crippen molar-refractivity contribution in [2.24, 2.45) is 5.92 Å². The van der Waals surface area contributed by atoms with E-state index in [0.717, 1.165) is 0 Å². The molecule has 1 atom stereocenters. The van der Waals surface area contributed by atoms with Crippen LogP contribution >= 0.6 is 46.6 Å². The minimum absolute atomic E-state index is 0.0193. The molecule has 2 N–H and O–H groups in total. The number of thioether (sulfide) groups is 1. The van der Waals surface area contributed by atoms with E-state index in [1.54, 1.807) is 36.4 Å². The van der Waals surface area contributed by atoms with Crippen molar-refractivity contribution < 1.29 is 9.59 Å². The van der Waals surface area contributed by atoms with E-state index in [-0.39, 0.29) is 28.5 Å². The number of rotatable bonds is 9. The standard InChI is InChI=1S/C23H24Cl3N5O2S/c1-4-31-21(20(13(2)3)28-22(33)15-10-9-14(24)11-17(15)26)29-30-23(31)34-12-19(32)27-18-8-6-5-7-16(18)25/h5-11,13,20H,4,12H2,1-3H3,(H,27,32)(H,28,33)/t20-/m0/s1. The lowest BCUT2D eigenvalue weighted by atomic mass is 10.0. The molecule has 1 aromatic heterocycles. The molecule has 0 saturated heterocycles. The molecule has 7 nitrogen and oxygen atoms in total. The van der Waals surface area contributed by atoms with E-state index in [2.05, 4.69) is 20.8 Å². The molecule has 0 bridgehead atoms. The highest BCUT2D eigenvalue weighted by molar-refractivity contribution is 7.99. The van der Waals surface area contributed by atoms with Crippen LogP contribution in [0.4, 0.5) is 5.69 Å². The second-order valence-electron chi connectivity index (χ2n) is 7.72. The lowest BCUT2D eigenvalue weighted by Gasteiger charge is -2.22. The van der Waals surface area contributed by atoms with E-state index in [0.29, 0.717) is 38.8 Å². The summed E-state index contributed by atoms with van der Waals surface area (Å²) in [6, 6.07) is 11.3. The predicted octanol–water partition coefficient (Wildman–Crippen LogP) is 6.12. The van der Waals surface area contributed by atoms with Gasteiger partial charge in [0, 0.05) is 11.6 Å². The molecule has 0 radical (unpaired) electrons. The minimum Gasteiger partial charge on any atom is -0.342 e. The SMILES string of the molecule is CCn1c(SCC(=O)Nc2ccccc2Cl)nnc1[C@@H](NC(=O)c1ccc(Cl)cc1Cl)C(C)C. The monoisotopic (exact) mass is 539 g/mol. The van der Waals surface area contributed by atoms with E-state index in [1.165, 1.54) is 17.8 Å². The van der Waals surface area contributed by atoms with Gasteiger partial charge >= 0.3 is 0 Å². The summed E-state index contributed by atoms with van der Waals surface area (Å²) in [5.74, 6) is 0.203. The third-order valence-corrected chi connectivity index (χ3v) is 6.79. The molecule has 0 aliphatic heterocycles. The highest BCUT2D eigenvalue weighted by Gasteiger charge is 2.27. The van der Waals surface area contributed by atoms with Gasteiger partial charge in [0.2, 0.25) is 5.91 Å². The summed E-state index contributed by atoms with van der Waals surface area (Å²) >= 11 is 19.5. The van der Waals surface area contributed by atoms with Gasteiger partial charge in [-0.2, -0.15) is 0 Å². The number of para-hydroxylation sites is 1. The third-order valence-electron chi connectivity index (χ3n) is 4.95. The summed E-state index contributed by atoms with van der Waals surface area (Å²) in [5, 5.41) is 16.2. The van der Waals surface area contributed by atoms with Crippen molar-refractivity contribution in [1.82, 2.24) is 20.1 Å². The molecule has 0 aliphatic carbocycles. The molecular weight excluding hydrogens is 517 g/mol. The summed E-state index contributed by atoms with van der Waals surface area (Å²) in [7, 11) is 0. The minimum atomic E-state index is -0.419. The van der Waals surface area contributed by atoms with Crippen LogP contribution in [0.1, 0.15) is 43.0 Å². The van der Waals surface area contributed by atoms with E-state index in [9.17, 15) is 9.59 Å². The number of aromatic nitrogens is 3. The molecular formula is C23H24Cl3N5O2S. The zero-order chi connectivity index (χ0) is 24.8. The predicted molar refractivity (Wildman–Crippen MR) is 138 cm³/mol. The van der Waals surface area contributed by atoms with Gasteiger partial charge < -0.3 is 15.2 Å². The number of carbonyl (C=O) groups excluding carboxylic acids is 2. The summed E-state index contributed by atoms with van der Waals surface area (Å²) < 4.78 is 1.89. The van der Waals surface area contributed by atoms with Gasteiger partial charge in [-0.25, -0.2) is 0 Å². The molecule has 2 aromatic carbocycles. The number of nitrogens with one attached hydrogen (secondary N) is 2. The molecule has 3 aromatic rings. The van der Waals surface area contributed by atoms with Gasteiger partial charge in [0.1, 0.15) is 0 Å². The maximum atomic E-state index is 12.9. The van der Waals surface area contributed by atoms with Crippen LogP contribution in [0.25, 0.3) is 0 Å². The first kappa shape index (κ1) is 26.3. The molecule has 180 valence electrons. The van der Waals surface area contributed by atoms with Crippen molar-refractivity contribution in [3.05, 3.63) is 68.9 Å². The van der Waals surface area contributed by atoms with Crippen LogP contribution in [0.15, 0.2) is 47.6 Å². The number of halogens is 3. The number of carbonyl (C=O) groups is 2. The zero-order valence-corrected chi connectivity index (χ0v) is 21.9. The number of amides is 2. The Hall–Kier alpha value is -2.26. The van der Waals surface area contributed by atoms with E-state index in [4.69, 9.17) is 34.8 Å². The Morgan fingerprint density at radius 1 is 1.06 bits per heavy atom. The Labute approximate surface area is 217 Å². The van der Waals surface area contributed by atoms with E-state index < -0.39 is 6.04 Å². The molecule has 0 spiro atoms. The topological polar surface area (TPSA) is 88.9 Å². The van der Waals surface area contributed by atoms with Gasteiger partial charge in [-0.15, -0.1) is 10.2 Å². The molecule has 34 heavy (non-hydrogen) atoms. The van der Waals surface area contributed by atoms with Crippen molar-refractivity contribution in [3.8, 4) is 0 Å². The van der Waals surface area contributed by atoms with Gasteiger partial charge in [0.15, 0.2) is 11.0 Å². The van der Waals surface area contributed by atoms with Crippen LogP contribution in [-0.4, -0.2) is 32.3 Å². The van der Waals surface area contributed by atoms with Crippen LogP contribution in [0.3, 0.4) is 0 Å². The fourth-order valence-corrected chi connectivity index (χ4v) is 4.72. The van der Waals surface area contributed by atoms with Crippen molar-refractivity contribution >= 4 is 64.1 Å². The van der Waals surface area contributed by atoms with Crippen LogP contribution < -0.4 is 10.6 Å². The quantitative estimate of drug-likeness (QED) is 0.319. The molecule has 0 unspecified atom stereocenters. The Balaban J connectivity index is 1.74. The normalized spacial score (nSPS) is 12.0. The van der Waals surface area contributed by atoms with Crippen LogP contribution in [0.2, 0.25) is 15.1 Å². The van der Waals surface area contributed by atoms with Crippen molar-refractivity contribution in [1.29, 1.82) is 0 Å². The Morgan fingerprint density at radius 2 is 1.79 bits per heavy atom. The summed E-state index contributed by atoms with van der Waals surface area (Å²) in [6.45, 7) is 6.48. The van der Waals surface area contributed by atoms with Gasteiger partial charge in [-0.05, 0) is 43.2 Å². The maximum Gasteiger partial charge on any atom is 0.253 e. The van der Waals surface area contributed by atoms with Crippen LogP contribution in [-0.2, 0) is 11.3 Å². The summed E-state index contributed by atoms with van der Waals surface area (Å²) in [5.41, 5.74) is 0.876. The van der Waals surface area contributed by atoms with Crippen molar-refractivity contribution in [3.63, 3.8) is 0 Å². The van der Waals surface area contributed by atoms with Crippen molar-refractivity contribution in [2.45, 2.75) is 38.5 Å². The van der Waals surface area contributed by atoms with Crippen LogP contribution in [0.5, 0.6) is 0 Å². The lowest BCUT2D eigenvalue weighted by molar-refractivity contribution is -0.113.